The fourth-order valence-corrected chi connectivity index (χ4v) is 1.92. The summed E-state index contributed by atoms with van der Waals surface area (Å²) in [5.41, 5.74) is 1.43. The molecule has 0 saturated carbocycles. The molecule has 0 heterocycles. The van der Waals surface area contributed by atoms with Crippen LogP contribution < -0.4 is 0 Å². The van der Waals surface area contributed by atoms with Gasteiger partial charge in [0.05, 0.1) is 0 Å². The lowest BCUT2D eigenvalue weighted by molar-refractivity contribution is 0.293. The Morgan fingerprint density at radius 3 is 2.44 bits per heavy atom. The van der Waals surface area contributed by atoms with Gasteiger partial charge in [-0.3, -0.25) is 4.90 Å². The average molecular weight is 249 g/mol. The molecule has 0 unspecified atom stereocenters. The summed E-state index contributed by atoms with van der Waals surface area (Å²) in [5.74, 6) is 0. The van der Waals surface area contributed by atoms with Crippen LogP contribution >= 0.6 is 0 Å². The van der Waals surface area contributed by atoms with Gasteiger partial charge < -0.3 is 0 Å². The Balaban J connectivity index is 4.19. The van der Waals surface area contributed by atoms with Gasteiger partial charge in [-0.05, 0) is 51.3 Å². The molecule has 0 aromatic rings. The van der Waals surface area contributed by atoms with E-state index in [1.165, 1.54) is 37.9 Å². The molecule has 104 valence electrons. The number of unbranched alkanes of at least 4 members (excludes halogenated alkanes) is 2. The van der Waals surface area contributed by atoms with Gasteiger partial charge in [-0.2, -0.15) is 0 Å². The molecule has 0 aromatic heterocycles. The quantitative estimate of drug-likeness (QED) is 0.284. The van der Waals surface area contributed by atoms with Crippen molar-refractivity contribution in [2.75, 3.05) is 19.6 Å². The third-order valence-electron chi connectivity index (χ3n) is 3.01. The minimum atomic E-state index is 1.07. The van der Waals surface area contributed by atoms with Crippen LogP contribution in [-0.2, 0) is 0 Å². The number of rotatable bonds is 11. The van der Waals surface area contributed by atoms with Gasteiger partial charge in [0.15, 0.2) is 0 Å². The molecule has 0 radical (unpaired) electrons. The molecule has 0 spiro atoms. The summed E-state index contributed by atoms with van der Waals surface area (Å²) in [4.78, 5) is 2.57. The third-order valence-corrected chi connectivity index (χ3v) is 3.01. The van der Waals surface area contributed by atoms with E-state index in [0.717, 1.165) is 19.4 Å². The van der Waals surface area contributed by atoms with Crippen LogP contribution in [0.3, 0.4) is 0 Å². The summed E-state index contributed by atoms with van der Waals surface area (Å²) in [5, 5.41) is 0. The van der Waals surface area contributed by atoms with Crippen molar-refractivity contribution in [1.82, 2.24) is 4.90 Å². The first-order chi connectivity index (χ1) is 8.78. The van der Waals surface area contributed by atoms with Crippen molar-refractivity contribution in [3.05, 3.63) is 36.5 Å². The molecule has 0 bridgehead atoms. The van der Waals surface area contributed by atoms with E-state index < -0.39 is 0 Å². The zero-order valence-electron chi connectivity index (χ0n) is 12.6. The first-order valence-electron chi connectivity index (χ1n) is 7.43. The van der Waals surface area contributed by atoms with Crippen LogP contribution in [0.5, 0.6) is 0 Å². The Morgan fingerprint density at radius 2 is 1.89 bits per heavy atom. The highest BCUT2D eigenvalue weighted by molar-refractivity contribution is 5.19. The van der Waals surface area contributed by atoms with Crippen molar-refractivity contribution in [1.29, 1.82) is 0 Å². The lowest BCUT2D eigenvalue weighted by Crippen LogP contribution is -2.27. The van der Waals surface area contributed by atoms with Gasteiger partial charge in [0, 0.05) is 6.54 Å². The van der Waals surface area contributed by atoms with E-state index in [-0.39, 0.29) is 0 Å². The summed E-state index contributed by atoms with van der Waals surface area (Å²) < 4.78 is 0. The fraction of sp³-hybridized carbons (Fsp3) is 0.647. The normalized spacial score (nSPS) is 12.6. The summed E-state index contributed by atoms with van der Waals surface area (Å²) in [6.45, 7) is 13.9. The number of hydrogen-bond donors (Lipinski definition) is 0. The lowest BCUT2D eigenvalue weighted by Gasteiger charge is -2.22. The highest BCUT2D eigenvalue weighted by Crippen LogP contribution is 2.06. The van der Waals surface area contributed by atoms with Crippen LogP contribution in [-0.4, -0.2) is 24.5 Å². The molecule has 0 aliphatic carbocycles. The lowest BCUT2D eigenvalue weighted by atomic mass is 10.1. The van der Waals surface area contributed by atoms with Crippen molar-refractivity contribution in [3.8, 4) is 0 Å². The maximum atomic E-state index is 3.75. The summed E-state index contributed by atoms with van der Waals surface area (Å²) in [7, 11) is 0. The van der Waals surface area contributed by atoms with E-state index in [2.05, 4.69) is 50.5 Å². The maximum Gasteiger partial charge on any atom is 0.0230 e. The third kappa shape index (κ3) is 9.23. The minimum absolute atomic E-state index is 1.07. The summed E-state index contributed by atoms with van der Waals surface area (Å²) in [6.07, 6.45) is 14.7. The first kappa shape index (κ1) is 17.2. The highest BCUT2D eigenvalue weighted by Gasteiger charge is 2.04. The van der Waals surface area contributed by atoms with Crippen LogP contribution in [0, 0.1) is 0 Å². The van der Waals surface area contributed by atoms with Gasteiger partial charge >= 0.3 is 0 Å². The highest BCUT2D eigenvalue weighted by atomic mass is 15.1. The van der Waals surface area contributed by atoms with Gasteiger partial charge in [-0.25, -0.2) is 0 Å². The van der Waals surface area contributed by atoms with Crippen molar-refractivity contribution in [3.63, 3.8) is 0 Å². The topological polar surface area (TPSA) is 3.24 Å². The second kappa shape index (κ2) is 12.6. The largest absolute Gasteiger partial charge is 0.299 e. The number of nitrogens with zero attached hydrogens (tertiary/aromatic N) is 1. The van der Waals surface area contributed by atoms with Gasteiger partial charge in [0.25, 0.3) is 0 Å². The fourth-order valence-electron chi connectivity index (χ4n) is 1.92. The van der Waals surface area contributed by atoms with E-state index in [9.17, 15) is 0 Å². The number of allylic oxidation sites excluding steroid dienone is 3. The molecule has 0 aliphatic heterocycles. The second-order valence-corrected chi connectivity index (χ2v) is 4.76. The Hall–Kier alpha value is -0.820. The maximum absolute atomic E-state index is 3.75. The zero-order chi connectivity index (χ0) is 13.6. The number of hydrogen-bond acceptors (Lipinski definition) is 1. The smallest absolute Gasteiger partial charge is 0.0230 e. The molecular weight excluding hydrogens is 218 g/mol. The van der Waals surface area contributed by atoms with Crippen molar-refractivity contribution >= 4 is 0 Å². The Morgan fingerprint density at radius 1 is 1.11 bits per heavy atom. The molecule has 1 heteroatoms. The summed E-state index contributed by atoms with van der Waals surface area (Å²) in [6, 6.07) is 0. The molecule has 18 heavy (non-hydrogen) atoms. The van der Waals surface area contributed by atoms with Crippen LogP contribution in [0.4, 0.5) is 0 Å². The molecule has 0 rings (SSSR count). The average Bonchev–Trinajstić information content (AvgIpc) is 2.39. The van der Waals surface area contributed by atoms with Crippen LogP contribution in [0.2, 0.25) is 0 Å². The molecule has 1 nitrogen and oxygen atoms in total. The monoisotopic (exact) mass is 249 g/mol. The molecule has 0 N–H and O–H groups in total. The van der Waals surface area contributed by atoms with E-state index >= 15 is 0 Å². The van der Waals surface area contributed by atoms with Crippen molar-refractivity contribution in [2.45, 2.75) is 52.9 Å². The van der Waals surface area contributed by atoms with E-state index in [1.54, 1.807) is 0 Å². The Labute approximate surface area is 114 Å². The van der Waals surface area contributed by atoms with Gasteiger partial charge in [0.1, 0.15) is 0 Å². The van der Waals surface area contributed by atoms with E-state index in [1.807, 2.05) is 6.08 Å². The van der Waals surface area contributed by atoms with Crippen LogP contribution in [0.25, 0.3) is 0 Å². The van der Waals surface area contributed by atoms with Crippen LogP contribution in [0.15, 0.2) is 36.5 Å². The molecule has 0 amide bonds. The van der Waals surface area contributed by atoms with E-state index in [0.29, 0.717) is 0 Å². The predicted octanol–water partition coefficient (Wildman–Crippen LogP) is 4.97. The van der Waals surface area contributed by atoms with E-state index in [4.69, 9.17) is 0 Å². The van der Waals surface area contributed by atoms with Crippen molar-refractivity contribution in [2.24, 2.45) is 0 Å². The molecule has 0 aromatic carbocycles. The Bertz CT molecular complexity index is 250. The van der Waals surface area contributed by atoms with Gasteiger partial charge in [-0.15, -0.1) is 6.58 Å². The molecular formula is C17H31N. The molecule has 0 fully saturated rings. The SMILES string of the molecule is C=CCC/C=C\C(=C/C)CN(CCC)CCCC. The van der Waals surface area contributed by atoms with Crippen molar-refractivity contribution < 1.29 is 0 Å². The Kier molecular flexibility index (Phi) is 12.1. The minimum Gasteiger partial charge on any atom is -0.299 e. The van der Waals surface area contributed by atoms with Crippen LogP contribution in [0.1, 0.15) is 52.9 Å². The zero-order valence-corrected chi connectivity index (χ0v) is 12.6. The van der Waals surface area contributed by atoms with Gasteiger partial charge in [0.2, 0.25) is 0 Å². The second-order valence-electron chi connectivity index (χ2n) is 4.76. The molecule has 0 aliphatic rings. The molecule has 0 atom stereocenters. The first-order valence-corrected chi connectivity index (χ1v) is 7.43. The van der Waals surface area contributed by atoms with Gasteiger partial charge in [-0.1, -0.05) is 44.6 Å². The predicted molar refractivity (Wildman–Crippen MR) is 84.0 cm³/mol. The standard InChI is InChI=1S/C17H31N/c1-5-9-11-12-13-17(8-4)16-18(14-7-3)15-10-6-2/h5,8,12-13H,1,6-7,9-11,14-16H2,2-4H3/b13-12-,17-8+. The molecule has 0 saturated heterocycles. The summed E-state index contributed by atoms with van der Waals surface area (Å²) >= 11 is 0.